The summed E-state index contributed by atoms with van der Waals surface area (Å²) in [6.07, 6.45) is 1.92. The molecule has 0 unspecified atom stereocenters. The number of halogens is 2. The Labute approximate surface area is 136 Å². The van der Waals surface area contributed by atoms with E-state index < -0.39 is 0 Å². The summed E-state index contributed by atoms with van der Waals surface area (Å²) in [4.78, 5) is 8.94. The molecule has 0 atom stereocenters. The monoisotopic (exact) mass is 397 g/mol. The fraction of sp³-hybridized carbons (Fsp3) is 0.333. The lowest BCUT2D eigenvalue weighted by Crippen LogP contribution is -2.02. The lowest BCUT2D eigenvalue weighted by molar-refractivity contribution is 0.831. The van der Waals surface area contributed by atoms with Crippen molar-refractivity contribution >= 4 is 43.4 Å². The average Bonchev–Trinajstić information content (AvgIpc) is 2.33. The van der Waals surface area contributed by atoms with Crippen molar-refractivity contribution in [2.45, 2.75) is 33.6 Å². The minimum absolute atomic E-state index is 0.811. The molecule has 1 aromatic carbocycles. The Morgan fingerprint density at radius 1 is 1.05 bits per heavy atom. The summed E-state index contributed by atoms with van der Waals surface area (Å²) in [5, 5.41) is 3.41. The van der Waals surface area contributed by atoms with Gasteiger partial charge in [0.15, 0.2) is 0 Å². The lowest BCUT2D eigenvalue weighted by Gasteiger charge is -2.13. The zero-order chi connectivity index (χ0) is 14.7. The Morgan fingerprint density at radius 3 is 2.30 bits per heavy atom. The van der Waals surface area contributed by atoms with Crippen molar-refractivity contribution in [3.8, 4) is 0 Å². The number of benzene rings is 1. The van der Waals surface area contributed by atoms with Crippen molar-refractivity contribution in [1.82, 2.24) is 9.97 Å². The van der Waals surface area contributed by atoms with Crippen LogP contribution >= 0.6 is 31.9 Å². The van der Waals surface area contributed by atoms with Gasteiger partial charge in [0.25, 0.3) is 0 Å². The fourth-order valence-electron chi connectivity index (χ4n) is 2.10. The van der Waals surface area contributed by atoms with E-state index in [1.807, 2.05) is 6.07 Å². The molecule has 5 heteroatoms. The van der Waals surface area contributed by atoms with Gasteiger partial charge in [0.2, 0.25) is 0 Å². The first-order valence-corrected chi connectivity index (χ1v) is 8.15. The van der Waals surface area contributed by atoms with Crippen LogP contribution in [0.3, 0.4) is 0 Å². The number of aromatic nitrogens is 2. The predicted molar refractivity (Wildman–Crippen MR) is 90.6 cm³/mol. The van der Waals surface area contributed by atoms with Crippen molar-refractivity contribution in [3.05, 3.63) is 44.2 Å². The van der Waals surface area contributed by atoms with Crippen LogP contribution in [-0.4, -0.2) is 9.97 Å². The van der Waals surface area contributed by atoms with E-state index in [2.05, 4.69) is 80.0 Å². The van der Waals surface area contributed by atoms with Gasteiger partial charge in [-0.15, -0.1) is 0 Å². The Balaban J connectivity index is 2.35. The summed E-state index contributed by atoms with van der Waals surface area (Å²) in [7, 11) is 0. The Morgan fingerprint density at radius 2 is 1.70 bits per heavy atom. The maximum atomic E-state index is 4.56. The molecule has 1 aromatic heterocycles. The van der Waals surface area contributed by atoms with Gasteiger partial charge >= 0.3 is 0 Å². The Bertz CT molecular complexity index is 604. The van der Waals surface area contributed by atoms with Gasteiger partial charge in [-0.2, -0.15) is 0 Å². The van der Waals surface area contributed by atoms with Crippen molar-refractivity contribution in [1.29, 1.82) is 0 Å². The molecule has 20 heavy (non-hydrogen) atoms. The molecule has 0 aliphatic rings. The van der Waals surface area contributed by atoms with E-state index in [9.17, 15) is 0 Å². The van der Waals surface area contributed by atoms with Gasteiger partial charge in [-0.05, 0) is 59.5 Å². The third-order valence-corrected chi connectivity index (χ3v) is 3.83. The van der Waals surface area contributed by atoms with Crippen LogP contribution in [0, 0.1) is 13.8 Å². The first kappa shape index (κ1) is 15.4. The lowest BCUT2D eigenvalue weighted by atomic mass is 10.1. The van der Waals surface area contributed by atoms with Crippen LogP contribution in [0.2, 0.25) is 0 Å². The second kappa shape index (κ2) is 6.68. The van der Waals surface area contributed by atoms with Gasteiger partial charge in [0.05, 0.1) is 0 Å². The molecule has 0 amide bonds. The maximum Gasteiger partial charge on any atom is 0.135 e. The maximum absolute atomic E-state index is 4.56. The second-order valence-electron chi connectivity index (χ2n) is 4.78. The Hall–Kier alpha value is -0.940. The van der Waals surface area contributed by atoms with E-state index in [-0.39, 0.29) is 0 Å². The Kier molecular flexibility index (Phi) is 5.16. The van der Waals surface area contributed by atoms with Gasteiger partial charge in [-0.25, -0.2) is 9.97 Å². The first-order valence-electron chi connectivity index (χ1n) is 6.57. The topological polar surface area (TPSA) is 37.8 Å². The van der Waals surface area contributed by atoms with E-state index in [0.29, 0.717) is 0 Å². The van der Waals surface area contributed by atoms with E-state index in [1.54, 1.807) is 0 Å². The number of anilines is 2. The molecule has 0 saturated carbocycles. The smallest absolute Gasteiger partial charge is 0.135 e. The molecule has 3 nitrogen and oxygen atoms in total. The summed E-state index contributed by atoms with van der Waals surface area (Å²) >= 11 is 6.96. The van der Waals surface area contributed by atoms with Crippen LogP contribution in [0.25, 0.3) is 0 Å². The van der Waals surface area contributed by atoms with Gasteiger partial charge in [0.1, 0.15) is 16.2 Å². The molecule has 0 radical (unpaired) electrons. The van der Waals surface area contributed by atoms with Gasteiger partial charge in [-0.1, -0.05) is 22.9 Å². The number of hydrogen-bond donors (Lipinski definition) is 1. The van der Waals surface area contributed by atoms with Crippen LogP contribution in [0.15, 0.2) is 27.3 Å². The number of nitrogens with zero attached hydrogens (tertiary/aromatic N) is 2. The highest BCUT2D eigenvalue weighted by molar-refractivity contribution is 9.10. The SMILES string of the molecule is CCCc1nc(Br)cc(Nc2c(C)cc(Br)cc2C)n1. The largest absolute Gasteiger partial charge is 0.340 e. The molecule has 0 spiro atoms. The van der Waals surface area contributed by atoms with Crippen molar-refractivity contribution < 1.29 is 0 Å². The summed E-state index contributed by atoms with van der Waals surface area (Å²) in [5.41, 5.74) is 3.47. The van der Waals surface area contributed by atoms with E-state index in [0.717, 1.165) is 39.2 Å². The fourth-order valence-corrected chi connectivity index (χ4v) is 3.21. The van der Waals surface area contributed by atoms with Crippen LogP contribution in [-0.2, 0) is 6.42 Å². The van der Waals surface area contributed by atoms with Crippen LogP contribution in [0.5, 0.6) is 0 Å². The molecule has 2 rings (SSSR count). The predicted octanol–water partition coefficient (Wildman–Crippen LogP) is 5.31. The summed E-state index contributed by atoms with van der Waals surface area (Å²) < 4.78 is 1.90. The van der Waals surface area contributed by atoms with Gasteiger partial charge in [0, 0.05) is 22.6 Å². The molecule has 0 aliphatic carbocycles. The standard InChI is InChI=1S/C15H17Br2N3/c1-4-5-13-18-12(17)8-14(19-13)20-15-9(2)6-11(16)7-10(15)3/h6-8H,4-5H2,1-3H3,(H,18,19,20). The molecule has 1 heterocycles. The molecule has 1 N–H and O–H groups in total. The molecule has 0 fully saturated rings. The normalized spacial score (nSPS) is 10.7. The quantitative estimate of drug-likeness (QED) is 0.708. The molecule has 0 saturated heterocycles. The van der Waals surface area contributed by atoms with E-state index >= 15 is 0 Å². The second-order valence-corrected chi connectivity index (χ2v) is 6.51. The third-order valence-electron chi connectivity index (χ3n) is 2.97. The van der Waals surface area contributed by atoms with E-state index in [1.165, 1.54) is 11.1 Å². The summed E-state index contributed by atoms with van der Waals surface area (Å²) in [6, 6.07) is 6.09. The zero-order valence-electron chi connectivity index (χ0n) is 11.8. The average molecular weight is 399 g/mol. The highest BCUT2D eigenvalue weighted by Crippen LogP contribution is 2.28. The molecule has 106 valence electrons. The summed E-state index contributed by atoms with van der Waals surface area (Å²) in [6.45, 7) is 6.30. The van der Waals surface area contributed by atoms with Gasteiger partial charge < -0.3 is 5.32 Å². The minimum atomic E-state index is 0.811. The number of hydrogen-bond acceptors (Lipinski definition) is 3. The molecule has 0 bridgehead atoms. The number of aryl methyl sites for hydroxylation is 3. The highest BCUT2D eigenvalue weighted by atomic mass is 79.9. The van der Waals surface area contributed by atoms with Crippen molar-refractivity contribution in [2.75, 3.05) is 5.32 Å². The molecular formula is C15H17Br2N3. The summed E-state index contributed by atoms with van der Waals surface area (Å²) in [5.74, 6) is 1.68. The molecule has 0 aliphatic heterocycles. The number of nitrogens with one attached hydrogen (secondary N) is 1. The van der Waals surface area contributed by atoms with Crippen molar-refractivity contribution in [3.63, 3.8) is 0 Å². The van der Waals surface area contributed by atoms with Crippen LogP contribution < -0.4 is 5.32 Å². The van der Waals surface area contributed by atoms with Crippen LogP contribution in [0.4, 0.5) is 11.5 Å². The first-order chi connectivity index (χ1) is 9.49. The van der Waals surface area contributed by atoms with E-state index in [4.69, 9.17) is 0 Å². The molecule has 2 aromatic rings. The molecular weight excluding hydrogens is 382 g/mol. The number of rotatable bonds is 4. The van der Waals surface area contributed by atoms with Crippen LogP contribution in [0.1, 0.15) is 30.3 Å². The minimum Gasteiger partial charge on any atom is -0.340 e. The zero-order valence-corrected chi connectivity index (χ0v) is 15.0. The third kappa shape index (κ3) is 3.79. The van der Waals surface area contributed by atoms with Gasteiger partial charge in [-0.3, -0.25) is 0 Å². The van der Waals surface area contributed by atoms with Crippen molar-refractivity contribution in [2.24, 2.45) is 0 Å². The highest BCUT2D eigenvalue weighted by Gasteiger charge is 2.08.